The molecule has 1 aliphatic heterocycles. The monoisotopic (exact) mass is 375 g/mol. The number of fused-ring (bicyclic) bond motifs is 1. The maximum absolute atomic E-state index is 13.2. The zero-order chi connectivity index (χ0) is 19.0. The molecule has 27 heavy (non-hydrogen) atoms. The molecule has 0 spiro atoms. The number of nitriles is 1. The van der Waals surface area contributed by atoms with Gasteiger partial charge in [0.2, 0.25) is 0 Å². The van der Waals surface area contributed by atoms with E-state index >= 15 is 0 Å². The van der Waals surface area contributed by atoms with Crippen LogP contribution in [0.2, 0.25) is 5.02 Å². The Balaban J connectivity index is 1.75. The van der Waals surface area contributed by atoms with Crippen LogP contribution in [0.15, 0.2) is 65.1 Å². The van der Waals surface area contributed by atoms with E-state index in [0.29, 0.717) is 29.1 Å². The number of hydrogen-bond donors (Lipinski definition) is 0. The first-order valence-electron chi connectivity index (χ1n) is 8.95. The Kier molecular flexibility index (Phi) is 4.63. The number of benzene rings is 1. The predicted octanol–water partition coefficient (Wildman–Crippen LogP) is 4.83. The predicted molar refractivity (Wildman–Crippen MR) is 105 cm³/mol. The number of carbonyl (C=O) groups is 1. The topological polar surface area (TPSA) is 66.1 Å². The number of aromatic nitrogens is 1. The number of allylic oxidation sites excluding steroid dienone is 2. The number of ketones is 1. The lowest BCUT2D eigenvalue weighted by Crippen LogP contribution is -2.39. The second-order valence-electron chi connectivity index (χ2n) is 7.08. The van der Waals surface area contributed by atoms with Crippen LogP contribution in [0.5, 0.6) is 0 Å². The molecule has 4 rings (SSSR count). The Morgan fingerprint density at radius 1 is 1.11 bits per heavy atom. The molecule has 0 amide bonds. The molecule has 1 aromatic carbocycles. The summed E-state index contributed by atoms with van der Waals surface area (Å²) in [6.07, 6.45) is 4.60. The van der Waals surface area contributed by atoms with Crippen molar-refractivity contribution < 1.29 is 4.79 Å². The molecule has 0 bridgehead atoms. The van der Waals surface area contributed by atoms with Crippen molar-refractivity contribution in [1.29, 1.82) is 5.26 Å². The average molecular weight is 376 g/mol. The molecule has 2 aliphatic rings. The van der Waals surface area contributed by atoms with Crippen LogP contribution in [-0.2, 0) is 4.79 Å². The van der Waals surface area contributed by atoms with Crippen LogP contribution in [0.25, 0.3) is 0 Å². The Morgan fingerprint density at radius 2 is 1.89 bits per heavy atom. The Hall–Kier alpha value is -2.77. The summed E-state index contributed by atoms with van der Waals surface area (Å²) < 4.78 is 0. The minimum absolute atomic E-state index is 0.0933. The summed E-state index contributed by atoms with van der Waals surface area (Å²) >= 11 is 5.99. The van der Waals surface area contributed by atoms with Crippen LogP contribution < -0.4 is 0 Å². The van der Waals surface area contributed by atoms with Crippen LogP contribution in [0.1, 0.15) is 42.7 Å². The van der Waals surface area contributed by atoms with E-state index in [2.05, 4.69) is 16.0 Å². The van der Waals surface area contributed by atoms with Gasteiger partial charge in [-0.05, 0) is 48.6 Å². The molecule has 3 atom stereocenters. The highest BCUT2D eigenvalue weighted by molar-refractivity contribution is 6.30. The zero-order valence-corrected chi connectivity index (χ0v) is 15.6. The molecule has 5 heteroatoms. The normalized spacial score (nSPS) is 24.9. The van der Waals surface area contributed by atoms with Crippen molar-refractivity contribution in [2.24, 2.45) is 10.9 Å². The van der Waals surface area contributed by atoms with Gasteiger partial charge in [-0.3, -0.25) is 14.8 Å². The molecule has 0 saturated heterocycles. The van der Waals surface area contributed by atoms with Crippen molar-refractivity contribution in [1.82, 2.24) is 4.98 Å². The maximum atomic E-state index is 13.2. The summed E-state index contributed by atoms with van der Waals surface area (Å²) in [7, 11) is 0. The number of halogens is 1. The van der Waals surface area contributed by atoms with Gasteiger partial charge < -0.3 is 0 Å². The highest BCUT2D eigenvalue weighted by atomic mass is 35.5. The van der Waals surface area contributed by atoms with Crippen molar-refractivity contribution in [3.05, 3.63) is 76.2 Å². The minimum atomic E-state index is -0.379. The van der Waals surface area contributed by atoms with Gasteiger partial charge in [-0.15, -0.1) is 0 Å². The molecule has 134 valence electrons. The number of carbonyl (C=O) groups excluding carboxylic acids is 1. The lowest BCUT2D eigenvalue weighted by atomic mass is 9.66. The lowest BCUT2D eigenvalue weighted by molar-refractivity contribution is -0.122. The van der Waals surface area contributed by atoms with Gasteiger partial charge in [0.15, 0.2) is 0 Å². The van der Waals surface area contributed by atoms with Crippen molar-refractivity contribution in [2.75, 3.05) is 0 Å². The van der Waals surface area contributed by atoms with Crippen molar-refractivity contribution >= 4 is 23.1 Å². The first kappa shape index (κ1) is 17.6. The summed E-state index contributed by atoms with van der Waals surface area (Å²) in [6, 6.07) is 13.7. The van der Waals surface area contributed by atoms with Gasteiger partial charge >= 0.3 is 0 Å². The van der Waals surface area contributed by atoms with E-state index in [1.165, 1.54) is 0 Å². The minimum Gasteiger partial charge on any atom is -0.299 e. The quantitative estimate of drug-likeness (QED) is 0.754. The van der Waals surface area contributed by atoms with Crippen molar-refractivity contribution in [3.63, 3.8) is 0 Å². The summed E-state index contributed by atoms with van der Waals surface area (Å²) in [4.78, 5) is 22.0. The fourth-order valence-electron chi connectivity index (χ4n) is 4.21. The van der Waals surface area contributed by atoms with Gasteiger partial charge in [-0.2, -0.15) is 5.26 Å². The highest BCUT2D eigenvalue weighted by Gasteiger charge is 2.44. The molecular weight excluding hydrogens is 358 g/mol. The van der Waals surface area contributed by atoms with Gasteiger partial charge in [-0.25, -0.2) is 0 Å². The molecule has 0 radical (unpaired) electrons. The average Bonchev–Trinajstić information content (AvgIpc) is 2.68. The van der Waals surface area contributed by atoms with Crippen LogP contribution in [0.3, 0.4) is 0 Å². The number of nitrogens with zero attached hydrogens (tertiary/aromatic N) is 3. The van der Waals surface area contributed by atoms with Crippen LogP contribution >= 0.6 is 11.6 Å². The van der Waals surface area contributed by atoms with E-state index in [-0.39, 0.29) is 23.5 Å². The first-order chi connectivity index (χ1) is 13.1. The highest BCUT2D eigenvalue weighted by Crippen LogP contribution is 2.45. The molecule has 1 saturated carbocycles. The van der Waals surface area contributed by atoms with Crippen molar-refractivity contribution in [3.8, 4) is 6.07 Å². The Morgan fingerprint density at radius 3 is 2.56 bits per heavy atom. The lowest BCUT2D eigenvalue weighted by Gasteiger charge is -2.37. The smallest absolute Gasteiger partial charge is 0.143 e. The molecule has 4 nitrogen and oxygen atoms in total. The fourth-order valence-corrected chi connectivity index (χ4v) is 4.33. The molecular formula is C22H18ClN3O. The third kappa shape index (κ3) is 3.20. The van der Waals surface area contributed by atoms with E-state index in [1.54, 1.807) is 12.4 Å². The first-order valence-corrected chi connectivity index (χ1v) is 9.32. The number of Topliss-reactive ketones (excluding diaryl/α,β-unsaturated/α-hetero) is 1. The SMILES string of the molecule is CC1=C(C#N)[C@H](c2cccnc2)[C@@H]2C(=O)C[C@@H](c3ccc(Cl)cc3)CC2=N1. The van der Waals surface area contributed by atoms with E-state index in [1.807, 2.05) is 43.3 Å². The van der Waals surface area contributed by atoms with Crippen LogP contribution in [0.4, 0.5) is 0 Å². The molecule has 1 aromatic heterocycles. The fraction of sp³-hybridized carbons (Fsp3) is 0.273. The van der Waals surface area contributed by atoms with Gasteiger partial charge in [-0.1, -0.05) is 29.8 Å². The van der Waals surface area contributed by atoms with Crippen LogP contribution in [-0.4, -0.2) is 16.5 Å². The molecule has 2 aromatic rings. The molecule has 1 aliphatic carbocycles. The summed E-state index contributed by atoms with van der Waals surface area (Å²) in [5.41, 5.74) is 4.12. The van der Waals surface area contributed by atoms with E-state index in [4.69, 9.17) is 11.6 Å². The summed E-state index contributed by atoms with van der Waals surface area (Å²) in [5.74, 6) is -0.448. The largest absolute Gasteiger partial charge is 0.299 e. The number of hydrogen-bond acceptors (Lipinski definition) is 4. The molecule has 0 N–H and O–H groups in total. The number of rotatable bonds is 2. The summed E-state index contributed by atoms with van der Waals surface area (Å²) in [6.45, 7) is 1.85. The standard InChI is InChI=1S/C22H18ClN3O/c1-13-18(11-24)21(15-3-2-8-25-12-15)22-19(26-13)9-16(10-20(22)27)14-4-6-17(23)7-5-14/h2-8,12,16,21-22H,9-10H2,1H3/t16-,21-,22-/m0/s1. The summed E-state index contributed by atoms with van der Waals surface area (Å²) in [5, 5.41) is 10.4. The van der Waals surface area contributed by atoms with Gasteiger partial charge in [0.05, 0.1) is 23.3 Å². The third-order valence-electron chi connectivity index (χ3n) is 5.46. The zero-order valence-electron chi connectivity index (χ0n) is 14.9. The van der Waals surface area contributed by atoms with Crippen LogP contribution in [0, 0.1) is 17.2 Å². The second kappa shape index (κ2) is 7.09. The van der Waals surface area contributed by atoms with Gasteiger partial charge in [0.1, 0.15) is 5.78 Å². The maximum Gasteiger partial charge on any atom is 0.143 e. The number of aliphatic imine (C=N–C) groups is 1. The van der Waals surface area contributed by atoms with E-state index < -0.39 is 0 Å². The van der Waals surface area contributed by atoms with E-state index in [0.717, 1.165) is 16.8 Å². The molecule has 2 heterocycles. The van der Waals surface area contributed by atoms with Gasteiger partial charge in [0, 0.05) is 35.5 Å². The Labute approximate surface area is 163 Å². The van der Waals surface area contributed by atoms with E-state index in [9.17, 15) is 10.1 Å². The molecule has 0 unspecified atom stereocenters. The second-order valence-corrected chi connectivity index (χ2v) is 7.52. The number of pyridine rings is 1. The molecule has 1 fully saturated rings. The van der Waals surface area contributed by atoms with Crippen molar-refractivity contribution in [2.45, 2.75) is 31.6 Å². The Bertz CT molecular complexity index is 986. The van der Waals surface area contributed by atoms with Gasteiger partial charge in [0.25, 0.3) is 0 Å². The third-order valence-corrected chi connectivity index (χ3v) is 5.71.